The minimum atomic E-state index is -0.0798. The summed E-state index contributed by atoms with van der Waals surface area (Å²) in [6.07, 6.45) is 2.84. The van der Waals surface area contributed by atoms with Gasteiger partial charge in [-0.3, -0.25) is 4.79 Å². The molecule has 0 saturated heterocycles. The standard InChI is InChI=1S/C11H13ClO2S/c1-14-11(13)8-3-2-7(6-8)9-4-5-15-10(9)12/h4-5,7-8H,2-3,6H2,1H3. The Balaban J connectivity index is 2.05. The molecule has 1 saturated carbocycles. The van der Waals surface area contributed by atoms with Crippen molar-refractivity contribution in [2.24, 2.45) is 5.92 Å². The zero-order valence-corrected chi connectivity index (χ0v) is 10.1. The van der Waals surface area contributed by atoms with Crippen LogP contribution in [0.5, 0.6) is 0 Å². The van der Waals surface area contributed by atoms with E-state index in [9.17, 15) is 4.79 Å². The van der Waals surface area contributed by atoms with Crippen LogP contribution in [0.15, 0.2) is 11.4 Å². The molecule has 2 rings (SSSR count). The third-order valence-corrected chi connectivity index (χ3v) is 4.25. The number of ether oxygens (including phenoxy) is 1. The van der Waals surface area contributed by atoms with Crippen molar-refractivity contribution < 1.29 is 9.53 Å². The molecule has 1 aromatic rings. The van der Waals surface area contributed by atoms with E-state index in [-0.39, 0.29) is 11.9 Å². The molecule has 0 amide bonds. The first kappa shape index (κ1) is 11.0. The number of rotatable bonds is 2. The van der Waals surface area contributed by atoms with Crippen LogP contribution >= 0.6 is 22.9 Å². The van der Waals surface area contributed by atoms with Crippen molar-refractivity contribution in [2.75, 3.05) is 7.11 Å². The van der Waals surface area contributed by atoms with Gasteiger partial charge in [0.25, 0.3) is 0 Å². The normalized spacial score (nSPS) is 25.5. The van der Waals surface area contributed by atoms with E-state index in [1.54, 1.807) is 11.3 Å². The highest BCUT2D eigenvalue weighted by Crippen LogP contribution is 2.42. The average Bonchev–Trinajstić information content (AvgIpc) is 2.84. The lowest BCUT2D eigenvalue weighted by Crippen LogP contribution is -2.12. The summed E-state index contributed by atoms with van der Waals surface area (Å²) in [5.41, 5.74) is 1.20. The van der Waals surface area contributed by atoms with Crippen LogP contribution in [0, 0.1) is 5.92 Å². The van der Waals surface area contributed by atoms with Gasteiger partial charge in [0, 0.05) is 0 Å². The molecule has 0 aromatic carbocycles. The molecule has 0 spiro atoms. The highest BCUT2D eigenvalue weighted by atomic mass is 35.5. The summed E-state index contributed by atoms with van der Waals surface area (Å²) in [6, 6.07) is 2.07. The van der Waals surface area contributed by atoms with E-state index in [0.717, 1.165) is 23.6 Å². The molecule has 2 unspecified atom stereocenters. The lowest BCUT2D eigenvalue weighted by Gasteiger charge is -2.09. The molecule has 0 bridgehead atoms. The molecular weight excluding hydrogens is 232 g/mol. The number of hydrogen-bond acceptors (Lipinski definition) is 3. The van der Waals surface area contributed by atoms with Crippen LogP contribution in [0.3, 0.4) is 0 Å². The fourth-order valence-electron chi connectivity index (χ4n) is 2.24. The summed E-state index contributed by atoms with van der Waals surface area (Å²) in [6.45, 7) is 0. The Kier molecular flexibility index (Phi) is 3.32. The Hall–Kier alpha value is -0.540. The first-order valence-corrected chi connectivity index (χ1v) is 6.29. The van der Waals surface area contributed by atoms with Gasteiger partial charge in [-0.1, -0.05) is 11.6 Å². The molecule has 82 valence electrons. The first-order valence-electron chi connectivity index (χ1n) is 5.03. The number of carbonyl (C=O) groups excluding carboxylic acids is 1. The van der Waals surface area contributed by atoms with Gasteiger partial charge in [-0.15, -0.1) is 11.3 Å². The van der Waals surface area contributed by atoms with Gasteiger partial charge in [-0.05, 0) is 42.2 Å². The molecule has 1 fully saturated rings. The highest BCUT2D eigenvalue weighted by Gasteiger charge is 2.32. The number of carbonyl (C=O) groups is 1. The van der Waals surface area contributed by atoms with Gasteiger partial charge < -0.3 is 4.74 Å². The molecule has 0 aliphatic heterocycles. The quantitative estimate of drug-likeness (QED) is 0.745. The third kappa shape index (κ3) is 2.18. The van der Waals surface area contributed by atoms with Gasteiger partial charge in [0.1, 0.15) is 0 Å². The van der Waals surface area contributed by atoms with Crippen LogP contribution in [0.4, 0.5) is 0 Å². The Bertz CT molecular complexity index is 361. The van der Waals surface area contributed by atoms with Crippen molar-refractivity contribution >= 4 is 28.9 Å². The molecule has 0 radical (unpaired) electrons. The van der Waals surface area contributed by atoms with Crippen LogP contribution in [0.1, 0.15) is 30.7 Å². The summed E-state index contributed by atoms with van der Waals surface area (Å²) >= 11 is 7.64. The Morgan fingerprint density at radius 2 is 2.40 bits per heavy atom. The fraction of sp³-hybridized carbons (Fsp3) is 0.545. The molecule has 1 aliphatic rings. The number of hydrogen-bond donors (Lipinski definition) is 0. The predicted octanol–water partition coefficient (Wildman–Crippen LogP) is 3.46. The van der Waals surface area contributed by atoms with Crippen molar-refractivity contribution in [3.8, 4) is 0 Å². The van der Waals surface area contributed by atoms with Crippen LogP contribution in [-0.4, -0.2) is 13.1 Å². The van der Waals surface area contributed by atoms with E-state index >= 15 is 0 Å². The molecule has 4 heteroatoms. The Labute approximate surface area is 98.2 Å². The van der Waals surface area contributed by atoms with Crippen molar-refractivity contribution in [1.29, 1.82) is 0 Å². The summed E-state index contributed by atoms with van der Waals surface area (Å²) in [5, 5.41) is 2.00. The van der Waals surface area contributed by atoms with Crippen LogP contribution in [-0.2, 0) is 9.53 Å². The zero-order valence-electron chi connectivity index (χ0n) is 8.53. The third-order valence-electron chi connectivity index (χ3n) is 3.05. The second-order valence-corrected chi connectivity index (χ2v) is 5.40. The number of halogens is 1. The van der Waals surface area contributed by atoms with Gasteiger partial charge in [0.15, 0.2) is 0 Å². The first-order chi connectivity index (χ1) is 7.22. The predicted molar refractivity (Wildman–Crippen MR) is 61.4 cm³/mol. The maximum absolute atomic E-state index is 11.4. The number of esters is 1. The van der Waals surface area contributed by atoms with E-state index in [0.29, 0.717) is 5.92 Å². The molecule has 2 atom stereocenters. The van der Waals surface area contributed by atoms with E-state index in [4.69, 9.17) is 16.3 Å². The molecule has 2 nitrogen and oxygen atoms in total. The summed E-state index contributed by atoms with van der Waals surface area (Å²) in [7, 11) is 1.45. The second-order valence-electron chi connectivity index (χ2n) is 3.88. The summed E-state index contributed by atoms with van der Waals surface area (Å²) < 4.78 is 5.63. The maximum atomic E-state index is 11.4. The molecule has 1 heterocycles. The number of methoxy groups -OCH3 is 1. The van der Waals surface area contributed by atoms with Gasteiger partial charge in [0.05, 0.1) is 17.4 Å². The Morgan fingerprint density at radius 1 is 1.60 bits per heavy atom. The van der Waals surface area contributed by atoms with E-state index < -0.39 is 0 Å². The van der Waals surface area contributed by atoms with E-state index in [1.807, 2.05) is 5.38 Å². The SMILES string of the molecule is COC(=O)C1CCC(c2ccsc2Cl)C1. The molecule has 0 N–H and O–H groups in total. The summed E-state index contributed by atoms with van der Waals surface area (Å²) in [4.78, 5) is 11.4. The lowest BCUT2D eigenvalue weighted by molar-refractivity contribution is -0.145. The Morgan fingerprint density at radius 3 is 3.00 bits per heavy atom. The monoisotopic (exact) mass is 244 g/mol. The lowest BCUT2D eigenvalue weighted by atomic mass is 9.99. The minimum Gasteiger partial charge on any atom is -0.469 e. The van der Waals surface area contributed by atoms with Crippen molar-refractivity contribution in [2.45, 2.75) is 25.2 Å². The van der Waals surface area contributed by atoms with Crippen molar-refractivity contribution in [1.82, 2.24) is 0 Å². The van der Waals surface area contributed by atoms with Gasteiger partial charge in [-0.25, -0.2) is 0 Å². The van der Waals surface area contributed by atoms with Crippen LogP contribution in [0.2, 0.25) is 4.34 Å². The van der Waals surface area contributed by atoms with E-state index in [1.165, 1.54) is 12.7 Å². The smallest absolute Gasteiger partial charge is 0.308 e. The summed E-state index contributed by atoms with van der Waals surface area (Å²) in [5.74, 6) is 0.424. The van der Waals surface area contributed by atoms with Crippen LogP contribution < -0.4 is 0 Å². The van der Waals surface area contributed by atoms with Gasteiger partial charge in [-0.2, -0.15) is 0 Å². The molecule has 1 aliphatic carbocycles. The largest absolute Gasteiger partial charge is 0.469 e. The second kappa shape index (κ2) is 4.54. The maximum Gasteiger partial charge on any atom is 0.308 e. The minimum absolute atomic E-state index is 0.0657. The van der Waals surface area contributed by atoms with E-state index in [2.05, 4.69) is 6.07 Å². The van der Waals surface area contributed by atoms with Crippen molar-refractivity contribution in [3.63, 3.8) is 0 Å². The van der Waals surface area contributed by atoms with Gasteiger partial charge in [0.2, 0.25) is 0 Å². The molecule has 15 heavy (non-hydrogen) atoms. The molecule has 1 aromatic heterocycles. The van der Waals surface area contributed by atoms with Gasteiger partial charge >= 0.3 is 5.97 Å². The number of thiophene rings is 1. The van der Waals surface area contributed by atoms with Crippen molar-refractivity contribution in [3.05, 3.63) is 21.3 Å². The topological polar surface area (TPSA) is 26.3 Å². The highest BCUT2D eigenvalue weighted by molar-refractivity contribution is 7.14. The molecular formula is C11H13ClO2S. The average molecular weight is 245 g/mol. The zero-order chi connectivity index (χ0) is 10.8. The fourth-order valence-corrected chi connectivity index (χ4v) is 3.32. The van der Waals surface area contributed by atoms with Crippen LogP contribution in [0.25, 0.3) is 0 Å².